The molecule has 1 N–H and O–H groups in total. The van der Waals surface area contributed by atoms with Crippen molar-refractivity contribution in [2.24, 2.45) is 10.8 Å². The van der Waals surface area contributed by atoms with Crippen molar-refractivity contribution in [2.45, 2.75) is 88.1 Å². The zero-order chi connectivity index (χ0) is 33.9. The van der Waals surface area contributed by atoms with E-state index < -0.39 is 85.3 Å². The molecule has 0 spiro atoms. The molecule has 18 heteroatoms. The Balaban J connectivity index is 2.70. The highest BCUT2D eigenvalue weighted by Crippen LogP contribution is 2.36. The second kappa shape index (κ2) is 14.3. The molecule has 2 rings (SSSR count). The van der Waals surface area contributed by atoms with Gasteiger partial charge >= 0.3 is 27.6 Å². The summed E-state index contributed by atoms with van der Waals surface area (Å²) in [5.41, 5.74) is -7.76. The Hall–Kier alpha value is -1.88. The Morgan fingerprint density at radius 2 is 1.45 bits per heavy atom. The molecule has 1 amide bonds. The molecule has 1 aromatic carbocycles. The van der Waals surface area contributed by atoms with Crippen LogP contribution in [0.5, 0.6) is 0 Å². The molecule has 250 valence electrons. The molecule has 11 nitrogen and oxygen atoms in total. The van der Waals surface area contributed by atoms with E-state index in [0.717, 1.165) is 0 Å². The summed E-state index contributed by atoms with van der Waals surface area (Å²) in [4.78, 5) is 38.4. The van der Waals surface area contributed by atoms with E-state index in [4.69, 9.17) is 53.8 Å². The van der Waals surface area contributed by atoms with Gasteiger partial charge in [-0.2, -0.15) is 21.6 Å². The fourth-order valence-corrected chi connectivity index (χ4v) is 4.25. The summed E-state index contributed by atoms with van der Waals surface area (Å²) in [5, 5.41) is 2.19. The zero-order valence-corrected chi connectivity index (χ0v) is 27.5. The number of nitrogens with one attached hydrogen (secondary N) is 1. The first-order valence-corrected chi connectivity index (χ1v) is 15.5. The predicted octanol–water partition coefficient (Wildman–Crippen LogP) is 4.57. The van der Waals surface area contributed by atoms with Gasteiger partial charge in [0.25, 0.3) is 9.70 Å². The molecule has 0 aliphatic carbocycles. The largest absolute Gasteiger partial charge is 0.523 e. The minimum Gasteiger partial charge on any atom is -0.462 e. The Kier molecular flexibility index (Phi) is 12.4. The topological polar surface area (TPSA) is 144 Å². The number of alkyl halides is 6. The molecule has 44 heavy (non-hydrogen) atoms. The van der Waals surface area contributed by atoms with Crippen molar-refractivity contribution in [3.63, 3.8) is 0 Å². The first kappa shape index (κ1) is 38.3. The third-order valence-electron chi connectivity index (χ3n) is 5.83. The molecule has 5 atom stereocenters. The Labute approximate surface area is 268 Å². The monoisotopic (exact) mass is 713 g/mol. The molecule has 0 saturated carbocycles. The van der Waals surface area contributed by atoms with Crippen LogP contribution in [-0.2, 0) is 54.2 Å². The molecule has 1 heterocycles. The molecular weight excluding hydrogens is 682 g/mol. The van der Waals surface area contributed by atoms with E-state index in [1.165, 1.54) is 41.5 Å². The molecule has 1 aromatic rings. The van der Waals surface area contributed by atoms with Crippen molar-refractivity contribution in [1.82, 2.24) is 5.32 Å². The highest BCUT2D eigenvalue weighted by Gasteiger charge is 2.57. The summed E-state index contributed by atoms with van der Waals surface area (Å²) in [5.74, 6) is -3.24. The van der Waals surface area contributed by atoms with E-state index in [1.54, 1.807) is 30.3 Å². The number of rotatable bonds is 9. The molecule has 0 unspecified atom stereocenters. The van der Waals surface area contributed by atoms with Crippen LogP contribution >= 0.6 is 34.8 Å². The maximum Gasteiger partial charge on any atom is 0.523 e. The fraction of sp³-hybridized carbons (Fsp3) is 0.654. The van der Waals surface area contributed by atoms with Crippen LogP contribution < -0.4 is 5.32 Å². The molecular formula is C26H33Cl3F3NO10S. The smallest absolute Gasteiger partial charge is 0.462 e. The van der Waals surface area contributed by atoms with Crippen molar-refractivity contribution < 1.29 is 59.1 Å². The molecule has 1 aliphatic rings. The third-order valence-corrected chi connectivity index (χ3v) is 7.38. The van der Waals surface area contributed by atoms with Crippen molar-refractivity contribution in [3.05, 3.63) is 35.9 Å². The van der Waals surface area contributed by atoms with Gasteiger partial charge in [0.05, 0.1) is 17.4 Å². The molecule has 0 bridgehead atoms. The molecule has 0 radical (unpaired) electrons. The number of amides is 1. The van der Waals surface area contributed by atoms with E-state index in [2.05, 4.69) is 9.50 Å². The van der Waals surface area contributed by atoms with Gasteiger partial charge < -0.3 is 24.3 Å². The van der Waals surface area contributed by atoms with E-state index in [0.29, 0.717) is 5.56 Å². The number of hydrogen-bond acceptors (Lipinski definition) is 10. The van der Waals surface area contributed by atoms with Crippen molar-refractivity contribution >= 4 is 62.8 Å². The van der Waals surface area contributed by atoms with Gasteiger partial charge in [0, 0.05) is 0 Å². The Morgan fingerprint density at radius 1 is 0.909 bits per heavy atom. The minimum atomic E-state index is -6.40. The van der Waals surface area contributed by atoms with Gasteiger partial charge in [-0.25, -0.2) is 0 Å². The van der Waals surface area contributed by atoms with E-state index in [9.17, 15) is 36.0 Å². The summed E-state index contributed by atoms with van der Waals surface area (Å²) < 4.78 is 89.3. The van der Waals surface area contributed by atoms with Crippen LogP contribution in [0.25, 0.3) is 0 Å². The first-order valence-electron chi connectivity index (χ1n) is 12.9. The van der Waals surface area contributed by atoms with Crippen LogP contribution in [0.2, 0.25) is 0 Å². The number of carbonyl (C=O) groups is 3. The van der Waals surface area contributed by atoms with E-state index in [1.807, 2.05) is 0 Å². The number of hydrogen-bond donors (Lipinski definition) is 1. The highest BCUT2D eigenvalue weighted by atomic mass is 35.6. The predicted molar refractivity (Wildman–Crippen MR) is 152 cm³/mol. The van der Waals surface area contributed by atoms with Gasteiger partial charge in [0.1, 0.15) is 24.9 Å². The van der Waals surface area contributed by atoms with Gasteiger partial charge in [-0.15, -0.1) is 0 Å². The summed E-state index contributed by atoms with van der Waals surface area (Å²) in [6, 6.07) is 6.55. The summed E-state index contributed by atoms with van der Waals surface area (Å²) in [6.07, 6.45) is -8.03. The normalized spacial score (nSPS) is 23.5. The van der Waals surface area contributed by atoms with Crippen LogP contribution in [0.3, 0.4) is 0 Å². The van der Waals surface area contributed by atoms with Crippen molar-refractivity contribution in [1.29, 1.82) is 0 Å². The van der Waals surface area contributed by atoms with Crippen LogP contribution in [0, 0.1) is 10.8 Å². The highest BCUT2D eigenvalue weighted by molar-refractivity contribution is 7.87. The maximum atomic E-state index is 13.5. The van der Waals surface area contributed by atoms with Crippen LogP contribution in [-0.4, -0.2) is 72.8 Å². The molecule has 1 fully saturated rings. The summed E-state index contributed by atoms with van der Waals surface area (Å²) in [7, 11) is -6.40. The van der Waals surface area contributed by atoms with E-state index in [-0.39, 0.29) is 6.61 Å². The average Bonchev–Trinajstić information content (AvgIpc) is 2.86. The average molecular weight is 715 g/mol. The second-order valence-corrected chi connectivity index (χ2v) is 15.6. The number of ether oxygens (including phenoxy) is 4. The van der Waals surface area contributed by atoms with Crippen LogP contribution in [0.1, 0.15) is 47.1 Å². The lowest BCUT2D eigenvalue weighted by molar-refractivity contribution is -0.275. The number of halogens is 6. The van der Waals surface area contributed by atoms with Gasteiger partial charge in [0.2, 0.25) is 0 Å². The quantitative estimate of drug-likeness (QED) is 0.167. The SMILES string of the molecule is CC(C)(C)C(=O)OC[C@H]1O[C@@H](OCc2ccccc2)[C@H](NC(=O)C(Cl)(Cl)Cl)[C@@H](OC(=O)C(C)(C)C)[C@@H]1OS(=O)(=O)C(F)(F)F. The fourth-order valence-electron chi connectivity index (χ4n) is 3.45. The Bertz CT molecular complexity index is 1280. The van der Waals surface area contributed by atoms with Crippen LogP contribution in [0.4, 0.5) is 13.2 Å². The summed E-state index contributed by atoms with van der Waals surface area (Å²) in [6.45, 7) is 7.55. The van der Waals surface area contributed by atoms with Crippen molar-refractivity contribution in [3.8, 4) is 0 Å². The van der Waals surface area contributed by atoms with Gasteiger partial charge in [0.15, 0.2) is 12.4 Å². The lowest BCUT2D eigenvalue weighted by Gasteiger charge is -2.46. The second-order valence-electron chi connectivity index (χ2n) is 11.8. The van der Waals surface area contributed by atoms with Gasteiger partial charge in [-0.05, 0) is 47.1 Å². The standard InChI is InChI=1S/C26H33Cl3F3NO10S/c1-23(2,3)21(35)40-13-15-17(43-44(37,38)26(30,31)32)18(42-22(36)24(4,5)6)16(33-20(34)25(27,28)29)19(41-15)39-12-14-10-8-7-9-11-14/h7-11,15-19H,12-13H2,1-6H3,(H,33,34)/t15-,16-,17-,18-,19-/m1/s1. The maximum absolute atomic E-state index is 13.5. The Morgan fingerprint density at radius 3 is 1.93 bits per heavy atom. The van der Waals surface area contributed by atoms with Crippen LogP contribution in [0.15, 0.2) is 30.3 Å². The molecule has 1 aliphatic heterocycles. The minimum absolute atomic E-state index is 0.230. The van der Waals surface area contributed by atoms with Gasteiger partial charge in [-0.1, -0.05) is 65.1 Å². The number of esters is 2. The lowest BCUT2D eigenvalue weighted by Crippen LogP contribution is -2.68. The van der Waals surface area contributed by atoms with E-state index >= 15 is 0 Å². The first-order chi connectivity index (χ1) is 19.8. The number of carbonyl (C=O) groups excluding carboxylic acids is 3. The molecule has 0 aromatic heterocycles. The lowest BCUT2D eigenvalue weighted by atomic mass is 9.94. The summed E-state index contributed by atoms with van der Waals surface area (Å²) >= 11 is 17.1. The zero-order valence-electron chi connectivity index (χ0n) is 24.4. The molecule has 1 saturated heterocycles. The van der Waals surface area contributed by atoms with Gasteiger partial charge in [-0.3, -0.25) is 18.6 Å². The third kappa shape index (κ3) is 10.6. The number of benzene rings is 1. The van der Waals surface area contributed by atoms with Crippen molar-refractivity contribution in [2.75, 3.05) is 6.61 Å².